The molecule has 0 saturated carbocycles. The van der Waals surface area contributed by atoms with Crippen molar-refractivity contribution in [1.82, 2.24) is 0 Å². The maximum Gasteiger partial charge on any atom is 0.304 e. The first-order valence-corrected chi connectivity index (χ1v) is 5.86. The van der Waals surface area contributed by atoms with Gasteiger partial charge in [0.2, 0.25) is 0 Å². The topological polar surface area (TPSA) is 63.3 Å². The normalized spacial score (nSPS) is 13.4. The minimum absolute atomic E-state index is 0.0149. The van der Waals surface area contributed by atoms with Gasteiger partial charge in [-0.1, -0.05) is 45.0 Å². The van der Waals surface area contributed by atoms with Crippen LogP contribution < -0.4 is 5.73 Å². The molecule has 94 valence electrons. The minimum atomic E-state index is -0.844. The number of hydrogen-bond donors (Lipinski definition) is 2. The third-order valence-electron chi connectivity index (χ3n) is 2.75. The lowest BCUT2D eigenvalue weighted by atomic mass is 9.86. The van der Waals surface area contributed by atoms with E-state index in [1.165, 1.54) is 5.56 Å². The lowest BCUT2D eigenvalue weighted by Crippen LogP contribution is -2.26. The summed E-state index contributed by atoms with van der Waals surface area (Å²) in [5.41, 5.74) is 8.25. The number of nitrogens with two attached hydrogens (primary N) is 1. The largest absolute Gasteiger partial charge is 0.481 e. The van der Waals surface area contributed by atoms with Crippen LogP contribution in [0.5, 0.6) is 0 Å². The summed E-state index contributed by atoms with van der Waals surface area (Å²) in [5, 5.41) is 8.63. The van der Waals surface area contributed by atoms with Crippen LogP contribution >= 0.6 is 0 Å². The minimum Gasteiger partial charge on any atom is -0.481 e. The quantitative estimate of drug-likeness (QED) is 0.842. The van der Waals surface area contributed by atoms with Gasteiger partial charge >= 0.3 is 5.97 Å². The number of hydrogen-bond acceptors (Lipinski definition) is 2. The van der Waals surface area contributed by atoms with Crippen LogP contribution in [0.4, 0.5) is 0 Å². The molecule has 0 bridgehead atoms. The molecule has 0 aliphatic heterocycles. The third kappa shape index (κ3) is 4.57. The summed E-state index contributed by atoms with van der Waals surface area (Å²) < 4.78 is 0. The highest BCUT2D eigenvalue weighted by atomic mass is 16.4. The molecule has 0 fully saturated rings. The molecule has 0 spiro atoms. The fourth-order valence-electron chi connectivity index (χ4n) is 1.74. The van der Waals surface area contributed by atoms with Gasteiger partial charge in [0.05, 0.1) is 6.42 Å². The summed E-state index contributed by atoms with van der Waals surface area (Å²) in [6.07, 6.45) is 0.623. The second-order valence-corrected chi connectivity index (χ2v) is 5.51. The molecule has 1 rings (SSSR count). The van der Waals surface area contributed by atoms with E-state index in [2.05, 4.69) is 32.9 Å². The molecule has 1 aromatic carbocycles. The SMILES string of the molecule is CC(C)(C)c1ccc(CC(N)CC(=O)O)cc1. The monoisotopic (exact) mass is 235 g/mol. The van der Waals surface area contributed by atoms with Crippen molar-refractivity contribution in [3.05, 3.63) is 35.4 Å². The Morgan fingerprint density at radius 1 is 1.29 bits per heavy atom. The molecule has 1 aromatic rings. The van der Waals surface area contributed by atoms with Gasteiger partial charge < -0.3 is 10.8 Å². The standard InChI is InChI=1S/C14H21NO2/c1-14(2,3)11-6-4-10(5-7-11)8-12(15)9-13(16)17/h4-7,12H,8-9,15H2,1-3H3,(H,16,17). The fourth-order valence-corrected chi connectivity index (χ4v) is 1.74. The van der Waals surface area contributed by atoms with Crippen molar-refractivity contribution >= 4 is 5.97 Å². The summed E-state index contributed by atoms with van der Waals surface area (Å²) >= 11 is 0. The van der Waals surface area contributed by atoms with Crippen LogP contribution in [0.3, 0.4) is 0 Å². The molecule has 0 aliphatic rings. The van der Waals surface area contributed by atoms with Crippen LogP contribution in [0.2, 0.25) is 0 Å². The Bertz CT molecular complexity index is 376. The van der Waals surface area contributed by atoms with Crippen molar-refractivity contribution in [3.8, 4) is 0 Å². The molecule has 0 heterocycles. The van der Waals surface area contributed by atoms with Gasteiger partial charge in [-0.2, -0.15) is 0 Å². The average molecular weight is 235 g/mol. The van der Waals surface area contributed by atoms with Gasteiger partial charge in [-0.05, 0) is 23.0 Å². The molecule has 17 heavy (non-hydrogen) atoms. The van der Waals surface area contributed by atoms with E-state index in [4.69, 9.17) is 10.8 Å². The Hall–Kier alpha value is -1.35. The van der Waals surface area contributed by atoms with Crippen molar-refractivity contribution in [1.29, 1.82) is 0 Å². The van der Waals surface area contributed by atoms with Crippen LogP contribution in [-0.4, -0.2) is 17.1 Å². The van der Waals surface area contributed by atoms with E-state index in [1.807, 2.05) is 12.1 Å². The van der Waals surface area contributed by atoms with Crippen LogP contribution in [0.15, 0.2) is 24.3 Å². The predicted octanol–water partition coefficient (Wildman–Crippen LogP) is 2.33. The first-order valence-electron chi connectivity index (χ1n) is 5.86. The maximum atomic E-state index is 10.5. The molecular formula is C14H21NO2. The van der Waals surface area contributed by atoms with Gasteiger partial charge in [0.1, 0.15) is 0 Å². The molecule has 1 atom stereocenters. The molecule has 3 N–H and O–H groups in total. The van der Waals surface area contributed by atoms with Crippen LogP contribution in [0.1, 0.15) is 38.3 Å². The van der Waals surface area contributed by atoms with Crippen LogP contribution in [0.25, 0.3) is 0 Å². The van der Waals surface area contributed by atoms with Crippen molar-refractivity contribution in [3.63, 3.8) is 0 Å². The summed E-state index contributed by atoms with van der Waals surface area (Å²) in [7, 11) is 0. The lowest BCUT2D eigenvalue weighted by Gasteiger charge is -2.19. The highest BCUT2D eigenvalue weighted by Gasteiger charge is 2.14. The molecule has 0 amide bonds. The van der Waals surface area contributed by atoms with Crippen molar-refractivity contribution in [2.45, 2.75) is 45.1 Å². The van der Waals surface area contributed by atoms with E-state index < -0.39 is 5.97 Å². The number of benzene rings is 1. The second kappa shape index (κ2) is 5.32. The molecular weight excluding hydrogens is 214 g/mol. The Kier molecular flexibility index (Phi) is 4.29. The van der Waals surface area contributed by atoms with Crippen molar-refractivity contribution in [2.75, 3.05) is 0 Å². The average Bonchev–Trinajstić information content (AvgIpc) is 2.15. The Labute approximate surface area is 103 Å². The zero-order chi connectivity index (χ0) is 13.1. The summed E-state index contributed by atoms with van der Waals surface area (Å²) in [6.45, 7) is 6.49. The molecule has 0 saturated heterocycles. The molecule has 0 aromatic heterocycles. The van der Waals surface area contributed by atoms with E-state index in [0.717, 1.165) is 5.56 Å². The van der Waals surface area contributed by atoms with Crippen molar-refractivity contribution < 1.29 is 9.90 Å². The van der Waals surface area contributed by atoms with Gasteiger partial charge in [-0.3, -0.25) is 4.79 Å². The molecule has 1 unspecified atom stereocenters. The number of carboxylic acids is 1. The Balaban J connectivity index is 2.66. The zero-order valence-electron chi connectivity index (χ0n) is 10.7. The summed E-state index contributed by atoms with van der Waals surface area (Å²) in [5.74, 6) is -0.844. The van der Waals surface area contributed by atoms with Crippen LogP contribution in [-0.2, 0) is 16.6 Å². The van der Waals surface area contributed by atoms with E-state index >= 15 is 0 Å². The number of carboxylic acid groups (broad SMARTS) is 1. The third-order valence-corrected chi connectivity index (χ3v) is 2.75. The van der Waals surface area contributed by atoms with E-state index in [1.54, 1.807) is 0 Å². The lowest BCUT2D eigenvalue weighted by molar-refractivity contribution is -0.137. The summed E-state index contributed by atoms with van der Waals surface area (Å²) in [4.78, 5) is 10.5. The smallest absolute Gasteiger partial charge is 0.304 e. The highest BCUT2D eigenvalue weighted by Crippen LogP contribution is 2.22. The van der Waals surface area contributed by atoms with Gasteiger partial charge in [0, 0.05) is 6.04 Å². The highest BCUT2D eigenvalue weighted by molar-refractivity contribution is 5.67. The number of rotatable bonds is 4. The first-order chi connectivity index (χ1) is 7.79. The van der Waals surface area contributed by atoms with Crippen molar-refractivity contribution in [2.24, 2.45) is 5.73 Å². The zero-order valence-corrected chi connectivity index (χ0v) is 10.7. The fraction of sp³-hybridized carbons (Fsp3) is 0.500. The molecule has 3 heteroatoms. The molecule has 0 radical (unpaired) electrons. The Morgan fingerprint density at radius 3 is 2.24 bits per heavy atom. The van der Waals surface area contributed by atoms with E-state index in [0.29, 0.717) is 6.42 Å². The molecule has 3 nitrogen and oxygen atoms in total. The van der Waals surface area contributed by atoms with Gasteiger partial charge in [-0.25, -0.2) is 0 Å². The van der Waals surface area contributed by atoms with Gasteiger partial charge in [0.15, 0.2) is 0 Å². The van der Waals surface area contributed by atoms with E-state index in [-0.39, 0.29) is 17.9 Å². The van der Waals surface area contributed by atoms with E-state index in [9.17, 15) is 4.79 Å². The second-order valence-electron chi connectivity index (χ2n) is 5.51. The first kappa shape index (κ1) is 13.7. The number of aliphatic carboxylic acids is 1. The maximum absolute atomic E-state index is 10.5. The van der Waals surface area contributed by atoms with Gasteiger partial charge in [0.25, 0.3) is 0 Å². The summed E-state index contributed by atoms with van der Waals surface area (Å²) in [6, 6.07) is 7.92. The Morgan fingerprint density at radius 2 is 1.82 bits per heavy atom. The number of carbonyl (C=O) groups is 1. The van der Waals surface area contributed by atoms with Crippen LogP contribution in [0, 0.1) is 0 Å². The predicted molar refractivity (Wildman–Crippen MR) is 69.1 cm³/mol. The van der Waals surface area contributed by atoms with Gasteiger partial charge in [-0.15, -0.1) is 0 Å². The molecule has 0 aliphatic carbocycles.